The third-order valence-electron chi connectivity index (χ3n) is 3.53. The molecule has 2 saturated carbocycles. The average Bonchev–Trinajstić information content (AvgIpc) is 2.28. The molecule has 4 nitrogen and oxygen atoms in total. The van der Waals surface area contributed by atoms with E-state index >= 15 is 0 Å². The van der Waals surface area contributed by atoms with Gasteiger partial charge in [0.2, 0.25) is 0 Å². The van der Waals surface area contributed by atoms with E-state index in [1.807, 2.05) is 0 Å². The summed E-state index contributed by atoms with van der Waals surface area (Å²) < 4.78 is 0. The van der Waals surface area contributed by atoms with E-state index < -0.39 is 0 Å². The summed E-state index contributed by atoms with van der Waals surface area (Å²) in [7, 11) is 0. The molecule has 0 heterocycles. The van der Waals surface area contributed by atoms with Crippen LogP contribution < -0.4 is 0 Å². The minimum Gasteiger partial charge on any atom is -0.676 e. The standard InChI is InChI=1S/2C6H12N2.Ni/c2*7-5-3-1-2-4-6(5)8;/h2*5-8H,1-4H2;/q2*-2;+2. The van der Waals surface area contributed by atoms with Gasteiger partial charge >= 0.3 is 16.5 Å². The predicted octanol–water partition coefficient (Wildman–Crippen LogP) is 4.80. The van der Waals surface area contributed by atoms with E-state index in [4.69, 9.17) is 22.9 Å². The Labute approximate surface area is 115 Å². The molecular weight excluding hydrogens is 259 g/mol. The van der Waals surface area contributed by atoms with Crippen LogP contribution in [-0.2, 0) is 16.5 Å². The third kappa shape index (κ3) is 6.73. The second kappa shape index (κ2) is 9.29. The Kier molecular flexibility index (Phi) is 9.47. The zero-order valence-corrected chi connectivity index (χ0v) is 11.3. The van der Waals surface area contributed by atoms with Crippen molar-refractivity contribution >= 4 is 0 Å². The van der Waals surface area contributed by atoms with Gasteiger partial charge in [0.05, 0.1) is 0 Å². The van der Waals surface area contributed by atoms with Crippen molar-refractivity contribution in [2.24, 2.45) is 0 Å². The zero-order chi connectivity index (χ0) is 12.0. The first-order valence-electron chi connectivity index (χ1n) is 6.45. The molecule has 2 fully saturated rings. The average molecular weight is 283 g/mol. The fraction of sp³-hybridized carbons (Fsp3) is 1.00. The van der Waals surface area contributed by atoms with Gasteiger partial charge < -0.3 is 22.9 Å². The molecule has 17 heavy (non-hydrogen) atoms. The summed E-state index contributed by atoms with van der Waals surface area (Å²) in [6.07, 6.45) is 8.49. The SMILES string of the molecule is [NH-]C1CCCCC1[NH-].[NH-]C1CCCCC1[NH-].[Ni+2]. The molecule has 0 spiro atoms. The molecule has 2 rings (SSSR count). The van der Waals surface area contributed by atoms with Crippen LogP contribution in [0.25, 0.3) is 22.9 Å². The molecule has 2 aliphatic carbocycles. The summed E-state index contributed by atoms with van der Waals surface area (Å²) in [5.41, 5.74) is 29.2. The molecule has 0 aromatic carbocycles. The van der Waals surface area contributed by atoms with Gasteiger partial charge in [0.15, 0.2) is 0 Å². The van der Waals surface area contributed by atoms with E-state index in [2.05, 4.69) is 0 Å². The van der Waals surface area contributed by atoms with Gasteiger partial charge in [-0.25, -0.2) is 0 Å². The largest absolute Gasteiger partial charge is 2.00 e. The molecule has 4 N–H and O–H groups in total. The minimum absolute atomic E-state index is 0. The van der Waals surface area contributed by atoms with E-state index in [-0.39, 0.29) is 40.7 Å². The molecule has 104 valence electrons. The van der Waals surface area contributed by atoms with E-state index in [0.29, 0.717) is 0 Å². The Morgan fingerprint density at radius 2 is 0.647 bits per heavy atom. The van der Waals surface area contributed by atoms with Crippen molar-refractivity contribution in [3.63, 3.8) is 0 Å². The van der Waals surface area contributed by atoms with Gasteiger partial charge in [0, 0.05) is 0 Å². The summed E-state index contributed by atoms with van der Waals surface area (Å²) in [5.74, 6) is 0. The first kappa shape index (κ1) is 17.3. The van der Waals surface area contributed by atoms with Gasteiger partial charge in [-0.2, -0.15) is 24.2 Å². The minimum atomic E-state index is -0.0799. The Morgan fingerprint density at radius 1 is 0.471 bits per heavy atom. The van der Waals surface area contributed by atoms with Gasteiger partial charge in [0.25, 0.3) is 0 Å². The molecule has 0 aromatic rings. The molecule has 4 unspecified atom stereocenters. The smallest absolute Gasteiger partial charge is 0.676 e. The molecule has 5 heteroatoms. The fourth-order valence-electron chi connectivity index (χ4n) is 2.26. The summed E-state index contributed by atoms with van der Waals surface area (Å²) in [5, 5.41) is 0. The quantitative estimate of drug-likeness (QED) is 0.570. The maximum absolute atomic E-state index is 7.29. The third-order valence-corrected chi connectivity index (χ3v) is 3.53. The maximum atomic E-state index is 7.29. The Hall–Kier alpha value is 0.334. The van der Waals surface area contributed by atoms with Crippen molar-refractivity contribution in [1.29, 1.82) is 0 Å². The molecule has 4 atom stereocenters. The normalized spacial score (nSPS) is 37.4. The zero-order valence-electron chi connectivity index (χ0n) is 10.3. The maximum Gasteiger partial charge on any atom is 2.00 e. The van der Waals surface area contributed by atoms with E-state index in [9.17, 15) is 0 Å². The van der Waals surface area contributed by atoms with Gasteiger partial charge in [-0.05, 0) is 0 Å². The van der Waals surface area contributed by atoms with E-state index in [1.54, 1.807) is 0 Å². The van der Waals surface area contributed by atoms with Crippen LogP contribution >= 0.6 is 0 Å². The van der Waals surface area contributed by atoms with Crippen molar-refractivity contribution in [1.82, 2.24) is 0 Å². The topological polar surface area (TPSA) is 95.2 Å². The van der Waals surface area contributed by atoms with Crippen LogP contribution in [0.15, 0.2) is 0 Å². The van der Waals surface area contributed by atoms with Crippen molar-refractivity contribution in [3.8, 4) is 0 Å². The Bertz CT molecular complexity index is 151. The number of hydrogen-bond donors (Lipinski definition) is 0. The summed E-state index contributed by atoms with van der Waals surface area (Å²) in [6.45, 7) is 0. The van der Waals surface area contributed by atoms with Gasteiger partial charge in [-0.1, -0.05) is 51.4 Å². The Morgan fingerprint density at radius 3 is 0.765 bits per heavy atom. The second-order valence-corrected chi connectivity index (χ2v) is 4.99. The molecule has 0 bridgehead atoms. The van der Waals surface area contributed by atoms with Crippen LogP contribution in [0.5, 0.6) is 0 Å². The molecule has 2 aliphatic rings. The second-order valence-electron chi connectivity index (χ2n) is 4.99. The molecule has 0 aliphatic heterocycles. The van der Waals surface area contributed by atoms with Gasteiger partial charge in [-0.15, -0.1) is 0 Å². The van der Waals surface area contributed by atoms with Crippen molar-refractivity contribution in [2.75, 3.05) is 0 Å². The molecule has 0 amide bonds. The molecule has 0 radical (unpaired) electrons. The Balaban J connectivity index is 0.000000284. The molecular formula is C12H24N4Ni-2. The fourth-order valence-corrected chi connectivity index (χ4v) is 2.26. The summed E-state index contributed by atoms with van der Waals surface area (Å²) in [4.78, 5) is 0. The molecule has 0 aromatic heterocycles. The van der Waals surface area contributed by atoms with E-state index in [0.717, 1.165) is 25.7 Å². The van der Waals surface area contributed by atoms with Crippen LogP contribution in [0.2, 0.25) is 0 Å². The van der Waals surface area contributed by atoms with Crippen molar-refractivity contribution in [3.05, 3.63) is 22.9 Å². The van der Waals surface area contributed by atoms with Gasteiger partial charge in [0.1, 0.15) is 0 Å². The molecule has 0 saturated heterocycles. The van der Waals surface area contributed by atoms with Crippen LogP contribution in [0.3, 0.4) is 0 Å². The van der Waals surface area contributed by atoms with Gasteiger partial charge in [-0.3, -0.25) is 0 Å². The van der Waals surface area contributed by atoms with Crippen LogP contribution in [0.4, 0.5) is 0 Å². The number of hydrogen-bond acceptors (Lipinski definition) is 0. The summed E-state index contributed by atoms with van der Waals surface area (Å²) >= 11 is 0. The van der Waals surface area contributed by atoms with Crippen molar-refractivity contribution < 1.29 is 16.5 Å². The van der Waals surface area contributed by atoms with Crippen LogP contribution in [-0.4, -0.2) is 24.2 Å². The first-order valence-corrected chi connectivity index (χ1v) is 6.45. The summed E-state index contributed by atoms with van der Waals surface area (Å²) in [6, 6.07) is -0.319. The monoisotopic (exact) mass is 282 g/mol. The van der Waals surface area contributed by atoms with Crippen LogP contribution in [0, 0.1) is 0 Å². The number of nitrogens with one attached hydrogen (secondary N) is 4. The number of rotatable bonds is 0. The van der Waals surface area contributed by atoms with Crippen molar-refractivity contribution in [2.45, 2.75) is 75.5 Å². The first-order chi connectivity index (χ1) is 7.61. The predicted molar refractivity (Wildman–Crippen MR) is 69.4 cm³/mol. The van der Waals surface area contributed by atoms with E-state index in [1.165, 1.54) is 25.7 Å². The van der Waals surface area contributed by atoms with Crippen LogP contribution in [0.1, 0.15) is 51.4 Å².